The minimum Gasteiger partial charge on any atom is -0.396 e. The molecule has 0 aliphatic carbocycles. The van der Waals surface area contributed by atoms with Crippen LogP contribution in [0.1, 0.15) is 47.4 Å². The van der Waals surface area contributed by atoms with E-state index in [2.05, 4.69) is 10.6 Å². The third-order valence-corrected chi connectivity index (χ3v) is 4.30. The summed E-state index contributed by atoms with van der Waals surface area (Å²) < 4.78 is 0. The highest BCUT2D eigenvalue weighted by atomic mass is 16.3. The van der Waals surface area contributed by atoms with Crippen LogP contribution in [0.5, 0.6) is 0 Å². The third kappa shape index (κ3) is 5.16. The van der Waals surface area contributed by atoms with Gasteiger partial charge in [-0.15, -0.1) is 0 Å². The molecule has 0 spiro atoms. The van der Waals surface area contributed by atoms with Crippen LogP contribution in [-0.2, 0) is 0 Å². The van der Waals surface area contributed by atoms with Crippen molar-refractivity contribution in [3.05, 3.63) is 65.7 Å². The van der Waals surface area contributed by atoms with Gasteiger partial charge in [0.2, 0.25) is 0 Å². The summed E-state index contributed by atoms with van der Waals surface area (Å²) in [7, 11) is 0. The minimum atomic E-state index is -0.438. The number of hydrogen-bond donors (Lipinski definition) is 3. The Balaban J connectivity index is 2.02. The van der Waals surface area contributed by atoms with Crippen LogP contribution in [0.3, 0.4) is 0 Å². The molecule has 5 nitrogen and oxygen atoms in total. The number of nitrogens with one attached hydrogen (secondary N) is 2. The highest BCUT2D eigenvalue weighted by Crippen LogP contribution is 2.16. The lowest BCUT2D eigenvalue weighted by atomic mass is 9.94. The molecule has 132 valence electrons. The average Bonchev–Trinajstić information content (AvgIpc) is 2.63. The van der Waals surface area contributed by atoms with Crippen LogP contribution in [0.25, 0.3) is 0 Å². The van der Waals surface area contributed by atoms with Gasteiger partial charge in [0.1, 0.15) is 0 Å². The van der Waals surface area contributed by atoms with Gasteiger partial charge in [0, 0.05) is 29.0 Å². The summed E-state index contributed by atoms with van der Waals surface area (Å²) in [6.07, 6.45) is 1.23. The molecule has 0 radical (unpaired) electrons. The summed E-state index contributed by atoms with van der Waals surface area (Å²) in [5.74, 6) is -0.391. The molecule has 3 N–H and O–H groups in total. The standard InChI is InChI=1S/C20H24N2O3/c1-3-20(2,13-14-23)22-19(25)16-9-11-17(12-10-16)21-18(24)15-7-5-4-6-8-15/h4-12,23H,3,13-14H2,1-2H3,(H,21,24)(H,22,25). The first-order valence-electron chi connectivity index (χ1n) is 8.37. The first-order chi connectivity index (χ1) is 12.0. The summed E-state index contributed by atoms with van der Waals surface area (Å²) in [5, 5.41) is 14.9. The van der Waals surface area contributed by atoms with E-state index in [1.165, 1.54) is 0 Å². The number of amides is 2. The fourth-order valence-electron chi connectivity index (χ4n) is 2.42. The molecule has 0 bridgehead atoms. The molecule has 0 saturated heterocycles. The van der Waals surface area contributed by atoms with Gasteiger partial charge in [-0.1, -0.05) is 25.1 Å². The minimum absolute atomic E-state index is 0.0229. The van der Waals surface area contributed by atoms with Crippen LogP contribution in [-0.4, -0.2) is 29.1 Å². The molecule has 2 aromatic rings. The van der Waals surface area contributed by atoms with E-state index in [0.717, 1.165) is 6.42 Å². The highest BCUT2D eigenvalue weighted by Gasteiger charge is 2.24. The second-order valence-electron chi connectivity index (χ2n) is 6.24. The maximum absolute atomic E-state index is 12.4. The highest BCUT2D eigenvalue weighted by molar-refractivity contribution is 6.04. The van der Waals surface area contributed by atoms with Gasteiger partial charge in [0.05, 0.1) is 0 Å². The number of carbonyl (C=O) groups excluding carboxylic acids is 2. The molecule has 0 fully saturated rings. The fraction of sp³-hybridized carbons (Fsp3) is 0.300. The van der Waals surface area contributed by atoms with Gasteiger partial charge >= 0.3 is 0 Å². The average molecular weight is 340 g/mol. The number of aliphatic hydroxyl groups is 1. The van der Waals surface area contributed by atoms with Crippen molar-refractivity contribution >= 4 is 17.5 Å². The predicted molar refractivity (Wildman–Crippen MR) is 98.7 cm³/mol. The largest absolute Gasteiger partial charge is 0.396 e. The van der Waals surface area contributed by atoms with E-state index in [0.29, 0.717) is 23.2 Å². The predicted octanol–water partition coefficient (Wildman–Crippen LogP) is 3.22. The lowest BCUT2D eigenvalue weighted by molar-refractivity contribution is 0.0885. The Kier molecular flexibility index (Phi) is 6.31. The zero-order chi connectivity index (χ0) is 18.3. The normalized spacial score (nSPS) is 12.9. The van der Waals surface area contributed by atoms with Crippen molar-refractivity contribution in [3.8, 4) is 0 Å². The van der Waals surface area contributed by atoms with E-state index in [1.54, 1.807) is 48.5 Å². The van der Waals surface area contributed by atoms with Crippen LogP contribution in [0.15, 0.2) is 54.6 Å². The summed E-state index contributed by atoms with van der Waals surface area (Å²) in [4.78, 5) is 24.5. The SMILES string of the molecule is CCC(C)(CCO)NC(=O)c1ccc(NC(=O)c2ccccc2)cc1. The Morgan fingerprint density at radius 1 is 0.960 bits per heavy atom. The number of benzene rings is 2. The number of rotatable bonds is 7. The molecule has 1 unspecified atom stereocenters. The van der Waals surface area contributed by atoms with Crippen molar-refractivity contribution in [3.63, 3.8) is 0 Å². The van der Waals surface area contributed by atoms with Crippen LogP contribution in [0, 0.1) is 0 Å². The molecule has 0 aliphatic rings. The molecular formula is C20H24N2O3. The maximum Gasteiger partial charge on any atom is 0.255 e. The van der Waals surface area contributed by atoms with Gasteiger partial charge in [0.15, 0.2) is 0 Å². The van der Waals surface area contributed by atoms with Crippen molar-refractivity contribution in [2.45, 2.75) is 32.2 Å². The Bertz CT molecular complexity index is 713. The smallest absolute Gasteiger partial charge is 0.255 e. The van der Waals surface area contributed by atoms with E-state index in [-0.39, 0.29) is 18.4 Å². The number of carbonyl (C=O) groups is 2. The van der Waals surface area contributed by atoms with Crippen molar-refractivity contribution in [1.29, 1.82) is 0 Å². The summed E-state index contributed by atoms with van der Waals surface area (Å²) in [6, 6.07) is 15.7. The van der Waals surface area contributed by atoms with E-state index in [9.17, 15) is 9.59 Å². The second-order valence-corrected chi connectivity index (χ2v) is 6.24. The molecule has 0 heterocycles. The third-order valence-electron chi connectivity index (χ3n) is 4.30. The number of aliphatic hydroxyl groups excluding tert-OH is 1. The number of anilines is 1. The van der Waals surface area contributed by atoms with Gasteiger partial charge < -0.3 is 15.7 Å². The van der Waals surface area contributed by atoms with Gasteiger partial charge in [-0.3, -0.25) is 9.59 Å². The van der Waals surface area contributed by atoms with Gasteiger partial charge in [-0.25, -0.2) is 0 Å². The second kappa shape index (κ2) is 8.44. The Labute approximate surface area is 148 Å². The molecule has 5 heteroatoms. The molecule has 1 atom stereocenters. The van der Waals surface area contributed by atoms with Crippen LogP contribution < -0.4 is 10.6 Å². The van der Waals surface area contributed by atoms with Crippen molar-refractivity contribution in [1.82, 2.24) is 5.32 Å². The molecule has 25 heavy (non-hydrogen) atoms. The fourth-order valence-corrected chi connectivity index (χ4v) is 2.42. The Morgan fingerprint density at radius 3 is 2.12 bits per heavy atom. The first-order valence-corrected chi connectivity index (χ1v) is 8.37. The van der Waals surface area contributed by atoms with Gasteiger partial charge in [-0.05, 0) is 56.2 Å². The van der Waals surface area contributed by atoms with E-state index >= 15 is 0 Å². The monoisotopic (exact) mass is 340 g/mol. The summed E-state index contributed by atoms with van der Waals surface area (Å²) >= 11 is 0. The lowest BCUT2D eigenvalue weighted by Crippen LogP contribution is -2.46. The Morgan fingerprint density at radius 2 is 1.56 bits per heavy atom. The summed E-state index contributed by atoms with van der Waals surface area (Å²) in [6.45, 7) is 3.91. The molecule has 2 amide bonds. The summed E-state index contributed by atoms with van der Waals surface area (Å²) in [5.41, 5.74) is 1.27. The molecule has 2 rings (SSSR count). The number of hydrogen-bond acceptors (Lipinski definition) is 3. The van der Waals surface area contributed by atoms with Crippen LogP contribution >= 0.6 is 0 Å². The molecule has 0 saturated carbocycles. The van der Waals surface area contributed by atoms with E-state index < -0.39 is 5.54 Å². The maximum atomic E-state index is 12.4. The van der Waals surface area contributed by atoms with Crippen LogP contribution in [0.2, 0.25) is 0 Å². The van der Waals surface area contributed by atoms with Gasteiger partial charge in [-0.2, -0.15) is 0 Å². The molecule has 0 aromatic heterocycles. The lowest BCUT2D eigenvalue weighted by Gasteiger charge is -2.29. The van der Waals surface area contributed by atoms with Gasteiger partial charge in [0.25, 0.3) is 11.8 Å². The molecule has 2 aromatic carbocycles. The van der Waals surface area contributed by atoms with E-state index in [4.69, 9.17) is 5.11 Å². The van der Waals surface area contributed by atoms with Crippen molar-refractivity contribution in [2.75, 3.05) is 11.9 Å². The van der Waals surface area contributed by atoms with Crippen molar-refractivity contribution in [2.24, 2.45) is 0 Å². The zero-order valence-electron chi connectivity index (χ0n) is 14.6. The zero-order valence-corrected chi connectivity index (χ0v) is 14.6. The van der Waals surface area contributed by atoms with Crippen molar-refractivity contribution < 1.29 is 14.7 Å². The quantitative estimate of drug-likeness (QED) is 0.724. The topological polar surface area (TPSA) is 78.4 Å². The molecular weight excluding hydrogens is 316 g/mol. The molecule has 0 aliphatic heterocycles. The van der Waals surface area contributed by atoms with E-state index in [1.807, 2.05) is 19.9 Å². The first kappa shape index (κ1) is 18.7. The van der Waals surface area contributed by atoms with Crippen LogP contribution in [0.4, 0.5) is 5.69 Å². The Hall–Kier alpha value is -2.66.